The standard InChI is InChI=1S/C26H27N5O4/c32-22(12-2-1-5-17-31-23(33)13-14-24(31)34)27-15-7-16-28-26-18-8-3-4-9-19(18)29-20-10-6-11-21(30-35)25(20)26/h3-4,6,8-11,13-14H,1-2,5,7,12,15-17H2,(H,27,32)(H,28,29). The SMILES string of the molecule is O=Nc1cccc2nc3ccccc3c(NCCCNC(=O)CCCCCN3C(=O)C=CC3=O)c12. The number of rotatable bonds is 12. The number of hydrogen-bond donors (Lipinski definition) is 2. The van der Waals surface area contributed by atoms with Gasteiger partial charge in [-0.2, -0.15) is 0 Å². The van der Waals surface area contributed by atoms with Crippen molar-refractivity contribution in [3.63, 3.8) is 0 Å². The molecule has 35 heavy (non-hydrogen) atoms. The zero-order chi connectivity index (χ0) is 24.6. The van der Waals surface area contributed by atoms with Gasteiger partial charge in [-0.3, -0.25) is 19.3 Å². The van der Waals surface area contributed by atoms with E-state index in [1.807, 2.05) is 30.3 Å². The minimum absolute atomic E-state index is 0.0211. The third kappa shape index (κ3) is 5.68. The van der Waals surface area contributed by atoms with E-state index >= 15 is 0 Å². The van der Waals surface area contributed by atoms with Gasteiger partial charge in [-0.05, 0) is 42.6 Å². The Morgan fingerprint density at radius 1 is 0.886 bits per heavy atom. The lowest BCUT2D eigenvalue weighted by Gasteiger charge is -2.14. The molecule has 9 heteroatoms. The smallest absolute Gasteiger partial charge is 0.253 e. The quantitative estimate of drug-likeness (QED) is 0.176. The minimum atomic E-state index is -0.271. The topological polar surface area (TPSA) is 121 Å². The van der Waals surface area contributed by atoms with Crippen molar-refractivity contribution in [3.05, 3.63) is 59.5 Å². The molecule has 4 rings (SSSR count). The van der Waals surface area contributed by atoms with E-state index in [9.17, 15) is 19.3 Å². The van der Waals surface area contributed by atoms with E-state index in [2.05, 4.69) is 20.8 Å². The third-order valence-corrected chi connectivity index (χ3v) is 5.95. The summed E-state index contributed by atoms with van der Waals surface area (Å²) < 4.78 is 0. The predicted molar refractivity (Wildman–Crippen MR) is 135 cm³/mol. The number of unbranched alkanes of at least 4 members (excludes halogenated alkanes) is 2. The van der Waals surface area contributed by atoms with Crippen LogP contribution in [0.5, 0.6) is 0 Å². The highest BCUT2D eigenvalue weighted by atomic mass is 16.3. The Bertz CT molecular complexity index is 1290. The average molecular weight is 474 g/mol. The van der Waals surface area contributed by atoms with Crippen molar-refractivity contribution in [1.82, 2.24) is 15.2 Å². The summed E-state index contributed by atoms with van der Waals surface area (Å²) in [6, 6.07) is 13.0. The van der Waals surface area contributed by atoms with Crippen LogP contribution in [-0.4, -0.2) is 47.2 Å². The number of imide groups is 1. The van der Waals surface area contributed by atoms with Gasteiger partial charge in [0.15, 0.2) is 0 Å². The number of amides is 3. The van der Waals surface area contributed by atoms with E-state index < -0.39 is 0 Å². The molecule has 0 saturated heterocycles. The monoisotopic (exact) mass is 473 g/mol. The first-order chi connectivity index (χ1) is 17.1. The van der Waals surface area contributed by atoms with E-state index in [-0.39, 0.29) is 17.7 Å². The molecule has 0 unspecified atom stereocenters. The number of aromatic nitrogens is 1. The summed E-state index contributed by atoms with van der Waals surface area (Å²) in [5.74, 6) is -0.562. The van der Waals surface area contributed by atoms with Crippen molar-refractivity contribution < 1.29 is 14.4 Å². The lowest BCUT2D eigenvalue weighted by molar-refractivity contribution is -0.136. The Morgan fingerprint density at radius 2 is 1.66 bits per heavy atom. The van der Waals surface area contributed by atoms with E-state index in [1.54, 1.807) is 12.1 Å². The molecule has 0 atom stereocenters. The van der Waals surface area contributed by atoms with Gasteiger partial charge in [0.05, 0.1) is 22.1 Å². The second-order valence-corrected chi connectivity index (χ2v) is 8.37. The molecule has 0 saturated carbocycles. The van der Waals surface area contributed by atoms with Crippen molar-refractivity contribution in [2.45, 2.75) is 32.1 Å². The first-order valence-corrected chi connectivity index (χ1v) is 11.8. The van der Waals surface area contributed by atoms with Gasteiger partial charge in [0.25, 0.3) is 11.8 Å². The molecule has 0 bridgehead atoms. The van der Waals surface area contributed by atoms with Gasteiger partial charge in [0, 0.05) is 43.6 Å². The molecule has 0 fully saturated rings. The van der Waals surface area contributed by atoms with Crippen molar-refractivity contribution in [2.24, 2.45) is 5.18 Å². The molecule has 2 aromatic carbocycles. The molecule has 3 aromatic rings. The maximum absolute atomic E-state index is 12.1. The largest absolute Gasteiger partial charge is 0.384 e. The second kappa shape index (κ2) is 11.3. The van der Waals surface area contributed by atoms with Crippen LogP contribution in [0.15, 0.2) is 59.8 Å². The molecule has 1 aliphatic rings. The van der Waals surface area contributed by atoms with Crippen LogP contribution in [0.25, 0.3) is 21.8 Å². The van der Waals surface area contributed by atoms with Gasteiger partial charge in [-0.15, -0.1) is 4.91 Å². The normalized spacial score (nSPS) is 13.1. The van der Waals surface area contributed by atoms with Crippen LogP contribution in [0.4, 0.5) is 11.4 Å². The number of pyridine rings is 1. The number of anilines is 1. The van der Waals surface area contributed by atoms with Crippen LogP contribution in [-0.2, 0) is 14.4 Å². The molecule has 2 heterocycles. The van der Waals surface area contributed by atoms with Crippen LogP contribution in [0, 0.1) is 4.91 Å². The summed E-state index contributed by atoms with van der Waals surface area (Å²) >= 11 is 0. The minimum Gasteiger partial charge on any atom is -0.384 e. The average Bonchev–Trinajstić information content (AvgIpc) is 3.19. The summed E-state index contributed by atoms with van der Waals surface area (Å²) in [5, 5.41) is 11.1. The number of benzene rings is 2. The Kier molecular flexibility index (Phi) is 7.77. The van der Waals surface area contributed by atoms with Crippen LogP contribution in [0.3, 0.4) is 0 Å². The zero-order valence-corrected chi connectivity index (χ0v) is 19.3. The van der Waals surface area contributed by atoms with E-state index in [4.69, 9.17) is 0 Å². The second-order valence-electron chi connectivity index (χ2n) is 8.37. The molecule has 0 radical (unpaired) electrons. The number of hydrogen-bond acceptors (Lipinski definition) is 7. The predicted octanol–water partition coefficient (Wildman–Crippen LogP) is 4.19. The number of carbonyl (C=O) groups is 3. The van der Waals surface area contributed by atoms with Crippen LogP contribution < -0.4 is 10.6 Å². The van der Waals surface area contributed by atoms with Gasteiger partial charge >= 0.3 is 0 Å². The molecule has 0 spiro atoms. The fourth-order valence-electron chi connectivity index (χ4n) is 4.19. The van der Waals surface area contributed by atoms with E-state index in [0.29, 0.717) is 61.9 Å². The van der Waals surface area contributed by atoms with Crippen LogP contribution >= 0.6 is 0 Å². The highest BCUT2D eigenvalue weighted by Crippen LogP contribution is 2.36. The zero-order valence-electron chi connectivity index (χ0n) is 19.3. The van der Waals surface area contributed by atoms with E-state index in [0.717, 1.165) is 23.0 Å². The Morgan fingerprint density at radius 3 is 2.46 bits per heavy atom. The van der Waals surface area contributed by atoms with Crippen LogP contribution in [0.2, 0.25) is 0 Å². The highest BCUT2D eigenvalue weighted by molar-refractivity contribution is 6.13. The number of fused-ring (bicyclic) bond motifs is 2. The molecular weight excluding hydrogens is 446 g/mol. The fraction of sp³-hybridized carbons (Fsp3) is 0.308. The summed E-state index contributed by atoms with van der Waals surface area (Å²) in [5.41, 5.74) is 2.68. The maximum atomic E-state index is 12.1. The first kappa shape index (κ1) is 24.0. The number of para-hydroxylation sites is 1. The maximum Gasteiger partial charge on any atom is 0.253 e. The summed E-state index contributed by atoms with van der Waals surface area (Å²) in [6.07, 6.45) is 5.81. The highest BCUT2D eigenvalue weighted by Gasteiger charge is 2.22. The summed E-state index contributed by atoms with van der Waals surface area (Å²) in [4.78, 5) is 52.4. The fourth-order valence-corrected chi connectivity index (χ4v) is 4.19. The van der Waals surface area contributed by atoms with E-state index in [1.165, 1.54) is 17.1 Å². The molecule has 9 nitrogen and oxygen atoms in total. The Hall–Kier alpha value is -4.14. The number of nitroso groups, excluding NO2 is 1. The lowest BCUT2D eigenvalue weighted by atomic mass is 10.1. The van der Waals surface area contributed by atoms with Crippen LogP contribution in [0.1, 0.15) is 32.1 Å². The van der Waals surface area contributed by atoms with Gasteiger partial charge in [0.1, 0.15) is 5.69 Å². The van der Waals surface area contributed by atoms with Crippen molar-refractivity contribution in [3.8, 4) is 0 Å². The Labute approximate surface area is 202 Å². The summed E-state index contributed by atoms with van der Waals surface area (Å²) in [7, 11) is 0. The third-order valence-electron chi connectivity index (χ3n) is 5.95. The molecule has 180 valence electrons. The lowest BCUT2D eigenvalue weighted by Crippen LogP contribution is -2.30. The molecule has 3 amide bonds. The molecule has 1 aromatic heterocycles. The molecule has 2 N–H and O–H groups in total. The number of carbonyl (C=O) groups excluding carboxylic acids is 3. The van der Waals surface area contributed by atoms with Crippen molar-refractivity contribution in [2.75, 3.05) is 25.0 Å². The molecule has 0 aliphatic carbocycles. The van der Waals surface area contributed by atoms with Gasteiger partial charge < -0.3 is 10.6 Å². The Balaban J connectivity index is 1.22. The van der Waals surface area contributed by atoms with Crippen molar-refractivity contribution >= 4 is 50.9 Å². The number of nitrogens with one attached hydrogen (secondary N) is 2. The summed E-state index contributed by atoms with van der Waals surface area (Å²) in [6.45, 7) is 1.51. The molecular formula is C26H27N5O4. The van der Waals surface area contributed by atoms with Crippen molar-refractivity contribution in [1.29, 1.82) is 0 Å². The van der Waals surface area contributed by atoms with Gasteiger partial charge in [-0.25, -0.2) is 4.98 Å². The van der Waals surface area contributed by atoms with Gasteiger partial charge in [0.2, 0.25) is 5.91 Å². The molecule has 1 aliphatic heterocycles. The first-order valence-electron chi connectivity index (χ1n) is 11.8. The number of nitrogens with zero attached hydrogens (tertiary/aromatic N) is 3. The van der Waals surface area contributed by atoms with Gasteiger partial charge in [-0.1, -0.05) is 30.7 Å².